The molecule has 1 heterocycles. The maximum absolute atomic E-state index is 4.24. The molecule has 0 spiro atoms. The smallest absolute Gasteiger partial charge is 0.0158 e. The predicted molar refractivity (Wildman–Crippen MR) is 84.5 cm³/mol. The minimum Gasteiger partial charge on any atom is -0.299 e. The average Bonchev–Trinajstić information content (AvgIpc) is 2.35. The van der Waals surface area contributed by atoms with Gasteiger partial charge in [-0.3, -0.25) is 4.90 Å². The topological polar surface area (TPSA) is 3.24 Å². The van der Waals surface area contributed by atoms with E-state index in [-0.39, 0.29) is 0 Å². The van der Waals surface area contributed by atoms with E-state index >= 15 is 0 Å². The van der Waals surface area contributed by atoms with E-state index in [4.69, 9.17) is 0 Å². The molecule has 1 saturated heterocycles. The molecule has 0 bridgehead atoms. The van der Waals surface area contributed by atoms with Crippen molar-refractivity contribution in [2.75, 3.05) is 30.3 Å². The van der Waals surface area contributed by atoms with Gasteiger partial charge in [0.1, 0.15) is 0 Å². The predicted octanol–water partition coefficient (Wildman–Crippen LogP) is 4.08. The molecular formula is C14H29NS2. The van der Waals surface area contributed by atoms with Gasteiger partial charge in [-0.2, -0.15) is 24.4 Å². The van der Waals surface area contributed by atoms with Crippen molar-refractivity contribution in [1.29, 1.82) is 0 Å². The molecule has 102 valence electrons. The molecule has 0 amide bonds. The second-order valence-electron chi connectivity index (χ2n) is 5.16. The van der Waals surface area contributed by atoms with Gasteiger partial charge in [-0.05, 0) is 32.1 Å². The number of nitrogens with zero attached hydrogens (tertiary/aromatic N) is 1. The Morgan fingerprint density at radius 1 is 1.06 bits per heavy atom. The van der Waals surface area contributed by atoms with Gasteiger partial charge in [-0.25, -0.2) is 0 Å². The zero-order valence-electron chi connectivity index (χ0n) is 11.4. The van der Waals surface area contributed by atoms with Crippen LogP contribution in [0.25, 0.3) is 0 Å². The summed E-state index contributed by atoms with van der Waals surface area (Å²) in [5.41, 5.74) is 0. The first-order valence-corrected chi connectivity index (χ1v) is 9.06. The fourth-order valence-corrected chi connectivity index (χ4v) is 3.71. The number of thioether (sulfide) groups is 1. The van der Waals surface area contributed by atoms with Crippen LogP contribution in [0.2, 0.25) is 0 Å². The Morgan fingerprint density at radius 3 is 2.35 bits per heavy atom. The lowest BCUT2D eigenvalue weighted by molar-refractivity contribution is 0.227. The number of unbranched alkanes of at least 4 members (excludes halogenated alkanes) is 6. The molecule has 1 unspecified atom stereocenters. The molecule has 0 aliphatic carbocycles. The standard InChI is InChI=1S/C14H29NS2/c1-14-13-17-12-10-15(14)9-7-5-3-2-4-6-8-11-16/h14,16H,2-13H2,1H3. The monoisotopic (exact) mass is 275 g/mol. The van der Waals surface area contributed by atoms with E-state index in [1.165, 1.54) is 69.5 Å². The van der Waals surface area contributed by atoms with Gasteiger partial charge in [-0.15, -0.1) is 0 Å². The van der Waals surface area contributed by atoms with Crippen molar-refractivity contribution in [2.45, 2.75) is 57.9 Å². The number of hydrogen-bond acceptors (Lipinski definition) is 3. The highest BCUT2D eigenvalue weighted by molar-refractivity contribution is 7.99. The van der Waals surface area contributed by atoms with Crippen molar-refractivity contribution < 1.29 is 0 Å². The quantitative estimate of drug-likeness (QED) is 0.499. The van der Waals surface area contributed by atoms with E-state index in [0.29, 0.717) is 0 Å². The van der Waals surface area contributed by atoms with Gasteiger partial charge in [0.25, 0.3) is 0 Å². The first kappa shape index (κ1) is 15.7. The second kappa shape index (κ2) is 10.6. The molecule has 3 heteroatoms. The van der Waals surface area contributed by atoms with Gasteiger partial charge >= 0.3 is 0 Å². The van der Waals surface area contributed by atoms with Gasteiger partial charge in [0.2, 0.25) is 0 Å². The maximum atomic E-state index is 4.24. The van der Waals surface area contributed by atoms with E-state index in [0.717, 1.165) is 11.8 Å². The van der Waals surface area contributed by atoms with Crippen LogP contribution in [0.5, 0.6) is 0 Å². The summed E-state index contributed by atoms with van der Waals surface area (Å²) in [7, 11) is 0. The summed E-state index contributed by atoms with van der Waals surface area (Å²) in [6.07, 6.45) is 9.79. The average molecular weight is 276 g/mol. The summed E-state index contributed by atoms with van der Waals surface area (Å²) in [6.45, 7) is 5.02. The Kier molecular flexibility index (Phi) is 9.77. The Balaban J connectivity index is 1.86. The first-order valence-electron chi connectivity index (χ1n) is 7.27. The van der Waals surface area contributed by atoms with Crippen LogP contribution in [0.3, 0.4) is 0 Å². The number of rotatable bonds is 9. The van der Waals surface area contributed by atoms with E-state index in [1.54, 1.807) is 0 Å². The van der Waals surface area contributed by atoms with Crippen molar-refractivity contribution in [3.8, 4) is 0 Å². The maximum Gasteiger partial charge on any atom is 0.0158 e. The molecule has 0 aromatic heterocycles. The highest BCUT2D eigenvalue weighted by Crippen LogP contribution is 2.17. The number of hydrogen-bond donors (Lipinski definition) is 1. The van der Waals surface area contributed by atoms with Crippen LogP contribution < -0.4 is 0 Å². The fraction of sp³-hybridized carbons (Fsp3) is 1.00. The van der Waals surface area contributed by atoms with Crippen LogP contribution in [-0.2, 0) is 0 Å². The molecule has 1 atom stereocenters. The van der Waals surface area contributed by atoms with Crippen LogP contribution in [0.4, 0.5) is 0 Å². The lowest BCUT2D eigenvalue weighted by Crippen LogP contribution is -2.40. The number of thiol groups is 1. The lowest BCUT2D eigenvalue weighted by atomic mass is 10.1. The van der Waals surface area contributed by atoms with E-state index in [2.05, 4.69) is 36.2 Å². The first-order chi connectivity index (χ1) is 8.34. The molecule has 17 heavy (non-hydrogen) atoms. The van der Waals surface area contributed by atoms with Crippen molar-refractivity contribution >= 4 is 24.4 Å². The minimum absolute atomic E-state index is 0.809. The van der Waals surface area contributed by atoms with Gasteiger partial charge in [-0.1, -0.05) is 32.1 Å². The molecule has 0 aromatic rings. The second-order valence-corrected chi connectivity index (χ2v) is 6.76. The molecule has 1 aliphatic heterocycles. The summed E-state index contributed by atoms with van der Waals surface area (Å²) in [5, 5.41) is 0. The summed E-state index contributed by atoms with van der Waals surface area (Å²) < 4.78 is 0. The normalized spacial score (nSPS) is 21.9. The fourth-order valence-electron chi connectivity index (χ4n) is 2.40. The summed E-state index contributed by atoms with van der Waals surface area (Å²) in [4.78, 5) is 2.68. The van der Waals surface area contributed by atoms with Gasteiger partial charge in [0, 0.05) is 24.1 Å². The van der Waals surface area contributed by atoms with Gasteiger partial charge in [0.15, 0.2) is 0 Å². The summed E-state index contributed by atoms with van der Waals surface area (Å²) in [6, 6.07) is 0.809. The molecular weight excluding hydrogens is 246 g/mol. The molecule has 1 fully saturated rings. The highest BCUT2D eigenvalue weighted by atomic mass is 32.2. The van der Waals surface area contributed by atoms with Crippen LogP contribution in [0, 0.1) is 0 Å². The minimum atomic E-state index is 0.809. The summed E-state index contributed by atoms with van der Waals surface area (Å²) in [5.74, 6) is 3.74. The Morgan fingerprint density at radius 2 is 1.71 bits per heavy atom. The van der Waals surface area contributed by atoms with Crippen molar-refractivity contribution in [3.05, 3.63) is 0 Å². The van der Waals surface area contributed by atoms with Crippen LogP contribution in [-0.4, -0.2) is 41.3 Å². The van der Waals surface area contributed by atoms with Crippen LogP contribution >= 0.6 is 24.4 Å². The van der Waals surface area contributed by atoms with Crippen LogP contribution in [0.1, 0.15) is 51.9 Å². The molecule has 0 aromatic carbocycles. The largest absolute Gasteiger partial charge is 0.299 e. The molecule has 1 nitrogen and oxygen atoms in total. The highest BCUT2D eigenvalue weighted by Gasteiger charge is 2.17. The van der Waals surface area contributed by atoms with Crippen molar-refractivity contribution in [3.63, 3.8) is 0 Å². The van der Waals surface area contributed by atoms with Crippen LogP contribution in [0.15, 0.2) is 0 Å². The summed E-state index contributed by atoms with van der Waals surface area (Å²) >= 11 is 6.35. The third-order valence-electron chi connectivity index (χ3n) is 3.61. The zero-order chi connectivity index (χ0) is 12.3. The third kappa shape index (κ3) is 7.63. The SMILES string of the molecule is CC1CSCCN1CCCCCCCCCS. The molecule has 1 rings (SSSR count). The molecule has 1 aliphatic rings. The molecule has 0 saturated carbocycles. The third-order valence-corrected chi connectivity index (χ3v) is 5.11. The van der Waals surface area contributed by atoms with E-state index < -0.39 is 0 Å². The zero-order valence-corrected chi connectivity index (χ0v) is 13.1. The van der Waals surface area contributed by atoms with Crippen molar-refractivity contribution in [1.82, 2.24) is 4.90 Å². The lowest BCUT2D eigenvalue weighted by Gasteiger charge is -2.32. The Labute approximate surface area is 118 Å². The molecule has 0 radical (unpaired) electrons. The Bertz CT molecular complexity index is 176. The Hall–Kier alpha value is 0.660. The van der Waals surface area contributed by atoms with Gasteiger partial charge < -0.3 is 0 Å². The van der Waals surface area contributed by atoms with E-state index in [1.807, 2.05) is 0 Å². The molecule has 0 N–H and O–H groups in total. The van der Waals surface area contributed by atoms with Crippen molar-refractivity contribution in [2.24, 2.45) is 0 Å². The van der Waals surface area contributed by atoms with E-state index in [9.17, 15) is 0 Å². The van der Waals surface area contributed by atoms with Gasteiger partial charge in [0.05, 0.1) is 0 Å².